The predicted octanol–water partition coefficient (Wildman–Crippen LogP) is 5.72. The second-order valence-corrected chi connectivity index (χ2v) is 7.85. The standard InChI is InChI=1S/C13H6Br2OS2/c14-9-6-10(18-13(9)15)11(16)8-3-1-2-7-4-5-17-12(7)8/h1-6H. The van der Waals surface area contributed by atoms with E-state index in [4.69, 9.17) is 0 Å². The summed E-state index contributed by atoms with van der Waals surface area (Å²) >= 11 is 9.90. The molecule has 0 unspecified atom stereocenters. The second kappa shape index (κ2) is 4.89. The number of benzene rings is 1. The molecule has 3 aromatic rings. The van der Waals surface area contributed by atoms with E-state index in [2.05, 4.69) is 31.9 Å². The van der Waals surface area contributed by atoms with Crippen LogP contribution in [0.3, 0.4) is 0 Å². The number of fused-ring (bicyclic) bond motifs is 1. The maximum Gasteiger partial charge on any atom is 0.204 e. The molecular formula is C13H6Br2OS2. The SMILES string of the molecule is O=C(c1cc(Br)c(Br)s1)c1cccc2ccsc12. The zero-order chi connectivity index (χ0) is 12.7. The summed E-state index contributed by atoms with van der Waals surface area (Å²) in [6.45, 7) is 0. The van der Waals surface area contributed by atoms with Crippen LogP contribution in [0.4, 0.5) is 0 Å². The molecule has 0 fully saturated rings. The summed E-state index contributed by atoms with van der Waals surface area (Å²) in [7, 11) is 0. The predicted molar refractivity (Wildman–Crippen MR) is 85.0 cm³/mol. The van der Waals surface area contributed by atoms with Gasteiger partial charge in [-0.2, -0.15) is 0 Å². The maximum absolute atomic E-state index is 12.5. The molecule has 0 bridgehead atoms. The second-order valence-electron chi connectivity index (χ2n) is 3.71. The number of halogens is 2. The number of rotatable bonds is 2. The molecular weight excluding hydrogens is 396 g/mol. The third-order valence-corrected chi connectivity index (χ3v) is 6.81. The average Bonchev–Trinajstić information content (AvgIpc) is 2.95. The van der Waals surface area contributed by atoms with Crippen LogP contribution in [-0.4, -0.2) is 5.78 Å². The van der Waals surface area contributed by atoms with Crippen molar-refractivity contribution in [3.8, 4) is 0 Å². The molecule has 1 aromatic carbocycles. The van der Waals surface area contributed by atoms with Gasteiger partial charge in [-0.1, -0.05) is 12.1 Å². The molecule has 0 atom stereocenters. The quantitative estimate of drug-likeness (QED) is 0.502. The van der Waals surface area contributed by atoms with Crippen molar-refractivity contribution in [1.29, 1.82) is 0 Å². The maximum atomic E-state index is 12.5. The number of thiophene rings is 2. The number of hydrogen-bond donors (Lipinski definition) is 0. The van der Waals surface area contributed by atoms with Gasteiger partial charge in [-0.05, 0) is 60.8 Å². The van der Waals surface area contributed by atoms with Gasteiger partial charge in [0.05, 0.1) is 8.66 Å². The van der Waals surface area contributed by atoms with Gasteiger partial charge >= 0.3 is 0 Å². The van der Waals surface area contributed by atoms with Crippen molar-refractivity contribution < 1.29 is 4.79 Å². The first-order chi connectivity index (χ1) is 8.66. The van der Waals surface area contributed by atoms with Crippen LogP contribution in [0.1, 0.15) is 15.2 Å². The fourth-order valence-electron chi connectivity index (χ4n) is 1.76. The van der Waals surface area contributed by atoms with Gasteiger partial charge in [0.1, 0.15) is 0 Å². The van der Waals surface area contributed by atoms with Gasteiger partial charge in [0.2, 0.25) is 5.78 Å². The molecule has 0 radical (unpaired) electrons. The van der Waals surface area contributed by atoms with Crippen molar-refractivity contribution in [3.63, 3.8) is 0 Å². The monoisotopic (exact) mass is 400 g/mol. The third-order valence-electron chi connectivity index (χ3n) is 2.59. The molecule has 2 aromatic heterocycles. The molecule has 1 nitrogen and oxygen atoms in total. The molecule has 5 heteroatoms. The topological polar surface area (TPSA) is 17.1 Å². The van der Waals surface area contributed by atoms with E-state index in [1.54, 1.807) is 11.3 Å². The molecule has 0 spiro atoms. The Morgan fingerprint density at radius 1 is 1.17 bits per heavy atom. The highest BCUT2D eigenvalue weighted by molar-refractivity contribution is 9.13. The molecule has 0 aliphatic heterocycles. The Morgan fingerprint density at radius 2 is 2.00 bits per heavy atom. The summed E-state index contributed by atoms with van der Waals surface area (Å²) in [6.07, 6.45) is 0. The highest BCUT2D eigenvalue weighted by atomic mass is 79.9. The highest BCUT2D eigenvalue weighted by Gasteiger charge is 2.16. The Morgan fingerprint density at radius 3 is 2.72 bits per heavy atom. The largest absolute Gasteiger partial charge is 0.288 e. The summed E-state index contributed by atoms with van der Waals surface area (Å²) in [5.41, 5.74) is 0.781. The number of carbonyl (C=O) groups excluding carboxylic acids is 1. The molecule has 0 aliphatic rings. The van der Waals surface area contributed by atoms with Gasteiger partial charge in [-0.15, -0.1) is 22.7 Å². The van der Waals surface area contributed by atoms with Gasteiger partial charge in [0.15, 0.2) is 0 Å². The number of hydrogen-bond acceptors (Lipinski definition) is 3. The molecule has 2 heterocycles. The summed E-state index contributed by atoms with van der Waals surface area (Å²) in [6, 6.07) is 9.76. The van der Waals surface area contributed by atoms with E-state index in [1.807, 2.05) is 35.7 Å². The lowest BCUT2D eigenvalue weighted by atomic mass is 10.1. The first kappa shape index (κ1) is 12.5. The van der Waals surface area contributed by atoms with Gasteiger partial charge in [0, 0.05) is 14.7 Å². The minimum Gasteiger partial charge on any atom is -0.288 e. The van der Waals surface area contributed by atoms with E-state index >= 15 is 0 Å². The lowest BCUT2D eigenvalue weighted by Crippen LogP contribution is -1.98. The van der Waals surface area contributed by atoms with E-state index in [0.717, 1.165) is 28.8 Å². The zero-order valence-corrected chi connectivity index (χ0v) is 13.7. The van der Waals surface area contributed by atoms with Crippen LogP contribution in [0.2, 0.25) is 0 Å². The molecule has 0 amide bonds. The van der Waals surface area contributed by atoms with Crippen LogP contribution in [0.15, 0.2) is 44.0 Å². The summed E-state index contributed by atoms with van der Waals surface area (Å²) in [4.78, 5) is 13.2. The summed E-state index contributed by atoms with van der Waals surface area (Å²) < 4.78 is 2.93. The van der Waals surface area contributed by atoms with Crippen LogP contribution < -0.4 is 0 Å². The van der Waals surface area contributed by atoms with E-state index in [1.165, 1.54) is 11.3 Å². The van der Waals surface area contributed by atoms with Gasteiger partial charge in [-0.25, -0.2) is 0 Å². The average molecular weight is 402 g/mol. The molecule has 90 valence electrons. The first-order valence-electron chi connectivity index (χ1n) is 5.12. The number of ketones is 1. The minimum atomic E-state index is 0.0828. The third kappa shape index (κ3) is 2.09. The highest BCUT2D eigenvalue weighted by Crippen LogP contribution is 2.35. The van der Waals surface area contributed by atoms with Crippen LogP contribution in [0, 0.1) is 0 Å². The molecule has 0 aliphatic carbocycles. The Hall–Kier alpha value is -0.490. The van der Waals surface area contributed by atoms with Crippen LogP contribution in [0.5, 0.6) is 0 Å². The van der Waals surface area contributed by atoms with Crippen molar-refractivity contribution in [2.24, 2.45) is 0 Å². The molecule has 0 saturated carbocycles. The first-order valence-corrected chi connectivity index (χ1v) is 8.41. The molecule has 3 rings (SSSR count). The Bertz CT molecular complexity index is 723. The zero-order valence-electron chi connectivity index (χ0n) is 8.94. The smallest absolute Gasteiger partial charge is 0.204 e. The Labute approximate surface area is 129 Å². The lowest BCUT2D eigenvalue weighted by Gasteiger charge is -1.99. The van der Waals surface area contributed by atoms with Gasteiger partial charge in [-0.3, -0.25) is 4.79 Å². The van der Waals surface area contributed by atoms with Crippen molar-refractivity contribution >= 4 is 70.4 Å². The Kier molecular flexibility index (Phi) is 3.40. The molecule has 0 N–H and O–H groups in total. The summed E-state index contributed by atoms with van der Waals surface area (Å²) in [5, 5.41) is 3.14. The normalized spacial score (nSPS) is 11.0. The number of carbonyl (C=O) groups is 1. The van der Waals surface area contributed by atoms with Crippen molar-refractivity contribution in [3.05, 3.63) is 54.4 Å². The van der Waals surface area contributed by atoms with E-state index in [-0.39, 0.29) is 5.78 Å². The van der Waals surface area contributed by atoms with Crippen LogP contribution in [0.25, 0.3) is 10.1 Å². The minimum absolute atomic E-state index is 0.0828. The van der Waals surface area contributed by atoms with Gasteiger partial charge < -0.3 is 0 Å². The van der Waals surface area contributed by atoms with Crippen LogP contribution in [-0.2, 0) is 0 Å². The van der Waals surface area contributed by atoms with Gasteiger partial charge in [0.25, 0.3) is 0 Å². The fraction of sp³-hybridized carbons (Fsp3) is 0. The van der Waals surface area contributed by atoms with Crippen molar-refractivity contribution in [2.45, 2.75) is 0 Å². The van der Waals surface area contributed by atoms with E-state index in [9.17, 15) is 4.79 Å². The molecule has 18 heavy (non-hydrogen) atoms. The summed E-state index contributed by atoms with van der Waals surface area (Å²) in [5.74, 6) is 0.0828. The van der Waals surface area contributed by atoms with E-state index in [0.29, 0.717) is 0 Å². The van der Waals surface area contributed by atoms with E-state index < -0.39 is 0 Å². The lowest BCUT2D eigenvalue weighted by molar-refractivity contribution is 0.104. The van der Waals surface area contributed by atoms with Crippen molar-refractivity contribution in [1.82, 2.24) is 0 Å². The Balaban J connectivity index is 2.14. The van der Waals surface area contributed by atoms with Crippen LogP contribution >= 0.6 is 54.5 Å². The van der Waals surface area contributed by atoms with Crippen molar-refractivity contribution in [2.75, 3.05) is 0 Å². The molecule has 0 saturated heterocycles. The fourth-order valence-corrected chi connectivity index (χ4v) is 4.66.